The van der Waals surface area contributed by atoms with Crippen LogP contribution in [0, 0.1) is 5.92 Å². The van der Waals surface area contributed by atoms with E-state index >= 15 is 0 Å². The van der Waals surface area contributed by atoms with Crippen molar-refractivity contribution in [2.24, 2.45) is 5.92 Å². The second-order valence-electron chi connectivity index (χ2n) is 5.23. The summed E-state index contributed by atoms with van der Waals surface area (Å²) in [6.07, 6.45) is 14.3. The molecule has 2 fully saturated rings. The van der Waals surface area contributed by atoms with Crippen LogP contribution in [0.15, 0.2) is 0 Å². The van der Waals surface area contributed by atoms with Gasteiger partial charge in [-0.3, -0.25) is 4.84 Å². The first-order chi connectivity index (χ1) is 7.45. The van der Waals surface area contributed by atoms with E-state index in [1.54, 1.807) is 0 Å². The molecule has 2 nitrogen and oxygen atoms in total. The highest BCUT2D eigenvalue weighted by Crippen LogP contribution is 2.23. The highest BCUT2D eigenvalue weighted by Gasteiger charge is 2.17. The van der Waals surface area contributed by atoms with Crippen LogP contribution in [0.5, 0.6) is 0 Å². The Morgan fingerprint density at radius 3 is 2.07 bits per heavy atom. The molecule has 2 heteroatoms. The first kappa shape index (κ1) is 11.4. The minimum atomic E-state index is 0.510. The molecule has 0 unspecified atom stereocenters. The molecule has 0 bridgehead atoms. The topological polar surface area (TPSA) is 21.3 Å². The van der Waals surface area contributed by atoms with Gasteiger partial charge in [-0.05, 0) is 31.6 Å². The SMILES string of the molecule is C1CCCC(CNOC2CCCC2)CC1. The Bertz CT molecular complexity index is 158. The Morgan fingerprint density at radius 1 is 0.800 bits per heavy atom. The van der Waals surface area contributed by atoms with Gasteiger partial charge < -0.3 is 0 Å². The summed E-state index contributed by atoms with van der Waals surface area (Å²) in [5.74, 6) is 0.869. The van der Waals surface area contributed by atoms with Gasteiger partial charge in [0, 0.05) is 6.54 Å². The Balaban J connectivity index is 1.55. The third-order valence-electron chi connectivity index (χ3n) is 3.90. The molecule has 2 aliphatic rings. The third kappa shape index (κ3) is 4.12. The maximum atomic E-state index is 5.70. The van der Waals surface area contributed by atoms with Crippen molar-refractivity contribution < 1.29 is 4.84 Å². The molecule has 0 aromatic heterocycles. The van der Waals surface area contributed by atoms with Crippen LogP contribution in [-0.2, 0) is 4.84 Å². The lowest BCUT2D eigenvalue weighted by molar-refractivity contribution is -0.0275. The van der Waals surface area contributed by atoms with E-state index in [0.717, 1.165) is 12.5 Å². The molecule has 0 atom stereocenters. The maximum absolute atomic E-state index is 5.70. The van der Waals surface area contributed by atoms with Crippen LogP contribution in [0.4, 0.5) is 0 Å². The molecule has 2 aliphatic carbocycles. The smallest absolute Gasteiger partial charge is 0.0790 e. The zero-order valence-corrected chi connectivity index (χ0v) is 9.84. The Labute approximate surface area is 93.7 Å². The van der Waals surface area contributed by atoms with Gasteiger partial charge in [-0.1, -0.05) is 38.5 Å². The fourth-order valence-corrected chi connectivity index (χ4v) is 2.86. The number of hydrogen-bond donors (Lipinski definition) is 1. The normalized spacial score (nSPS) is 25.6. The van der Waals surface area contributed by atoms with Crippen LogP contribution < -0.4 is 5.48 Å². The van der Waals surface area contributed by atoms with Crippen molar-refractivity contribution in [2.75, 3.05) is 6.54 Å². The van der Waals surface area contributed by atoms with E-state index < -0.39 is 0 Å². The summed E-state index contributed by atoms with van der Waals surface area (Å²) in [4.78, 5) is 5.70. The van der Waals surface area contributed by atoms with Crippen molar-refractivity contribution in [1.82, 2.24) is 5.48 Å². The van der Waals surface area contributed by atoms with E-state index in [1.807, 2.05) is 0 Å². The molecule has 0 aromatic rings. The Hall–Kier alpha value is -0.0800. The lowest BCUT2D eigenvalue weighted by Crippen LogP contribution is -2.27. The summed E-state index contributed by atoms with van der Waals surface area (Å²) < 4.78 is 0. The van der Waals surface area contributed by atoms with Crippen molar-refractivity contribution in [2.45, 2.75) is 70.3 Å². The fourth-order valence-electron chi connectivity index (χ4n) is 2.86. The van der Waals surface area contributed by atoms with Gasteiger partial charge in [0.05, 0.1) is 6.10 Å². The Morgan fingerprint density at radius 2 is 1.40 bits per heavy atom. The van der Waals surface area contributed by atoms with E-state index in [0.29, 0.717) is 6.10 Å². The average Bonchev–Trinajstić information content (AvgIpc) is 2.62. The van der Waals surface area contributed by atoms with E-state index in [2.05, 4.69) is 5.48 Å². The lowest BCUT2D eigenvalue weighted by Gasteiger charge is -2.17. The molecule has 15 heavy (non-hydrogen) atoms. The summed E-state index contributed by atoms with van der Waals surface area (Å²) in [7, 11) is 0. The van der Waals surface area contributed by atoms with Crippen molar-refractivity contribution in [3.8, 4) is 0 Å². The summed E-state index contributed by atoms with van der Waals surface area (Å²) in [5, 5.41) is 0. The zero-order valence-electron chi connectivity index (χ0n) is 9.84. The minimum Gasteiger partial charge on any atom is -0.299 e. The number of rotatable bonds is 4. The third-order valence-corrected chi connectivity index (χ3v) is 3.90. The fraction of sp³-hybridized carbons (Fsp3) is 1.00. The maximum Gasteiger partial charge on any atom is 0.0790 e. The molecule has 0 radical (unpaired) electrons. The summed E-state index contributed by atoms with van der Waals surface area (Å²) in [6, 6.07) is 0. The van der Waals surface area contributed by atoms with Crippen molar-refractivity contribution in [1.29, 1.82) is 0 Å². The predicted octanol–water partition coefficient (Wildman–Crippen LogP) is 3.42. The van der Waals surface area contributed by atoms with E-state index in [1.165, 1.54) is 64.2 Å². The van der Waals surface area contributed by atoms with Crippen LogP contribution >= 0.6 is 0 Å². The number of nitrogens with one attached hydrogen (secondary N) is 1. The predicted molar refractivity (Wildman–Crippen MR) is 62.5 cm³/mol. The van der Waals surface area contributed by atoms with Gasteiger partial charge in [0.2, 0.25) is 0 Å². The van der Waals surface area contributed by atoms with Gasteiger partial charge in [-0.2, -0.15) is 0 Å². The molecule has 0 saturated heterocycles. The largest absolute Gasteiger partial charge is 0.299 e. The van der Waals surface area contributed by atoms with Crippen LogP contribution in [0.3, 0.4) is 0 Å². The van der Waals surface area contributed by atoms with E-state index in [9.17, 15) is 0 Å². The lowest BCUT2D eigenvalue weighted by atomic mass is 10.0. The molecule has 1 N–H and O–H groups in total. The summed E-state index contributed by atoms with van der Waals surface area (Å²) >= 11 is 0. The zero-order chi connectivity index (χ0) is 10.3. The first-order valence-electron chi connectivity index (χ1n) is 6.83. The monoisotopic (exact) mass is 211 g/mol. The van der Waals surface area contributed by atoms with E-state index in [4.69, 9.17) is 4.84 Å². The van der Waals surface area contributed by atoms with Gasteiger partial charge >= 0.3 is 0 Å². The van der Waals surface area contributed by atoms with Crippen molar-refractivity contribution >= 4 is 0 Å². The second kappa shape index (κ2) is 6.49. The molecule has 0 spiro atoms. The molecular weight excluding hydrogens is 186 g/mol. The van der Waals surface area contributed by atoms with Crippen molar-refractivity contribution in [3.63, 3.8) is 0 Å². The summed E-state index contributed by atoms with van der Waals surface area (Å²) in [6.45, 7) is 1.08. The Kier molecular flexibility index (Phi) is 4.94. The molecule has 88 valence electrons. The van der Waals surface area contributed by atoms with Crippen LogP contribution in [0.1, 0.15) is 64.2 Å². The van der Waals surface area contributed by atoms with Crippen LogP contribution in [0.2, 0.25) is 0 Å². The molecule has 0 heterocycles. The standard InChI is InChI=1S/C13H25NO/c1-2-4-8-12(7-3-1)11-14-15-13-9-5-6-10-13/h12-14H,1-11H2. The average molecular weight is 211 g/mol. The molecular formula is C13H25NO. The second-order valence-corrected chi connectivity index (χ2v) is 5.23. The molecule has 0 aliphatic heterocycles. The molecule has 2 saturated carbocycles. The van der Waals surface area contributed by atoms with Gasteiger partial charge in [-0.15, -0.1) is 0 Å². The van der Waals surface area contributed by atoms with E-state index in [-0.39, 0.29) is 0 Å². The quantitative estimate of drug-likeness (QED) is 0.568. The molecule has 0 aromatic carbocycles. The van der Waals surface area contributed by atoms with Gasteiger partial charge in [0.15, 0.2) is 0 Å². The minimum absolute atomic E-state index is 0.510. The van der Waals surface area contributed by atoms with Crippen LogP contribution in [-0.4, -0.2) is 12.6 Å². The number of hydrogen-bond acceptors (Lipinski definition) is 2. The number of hydroxylamine groups is 1. The van der Waals surface area contributed by atoms with Gasteiger partial charge in [0.1, 0.15) is 0 Å². The first-order valence-corrected chi connectivity index (χ1v) is 6.83. The highest BCUT2D eigenvalue weighted by atomic mass is 16.7. The molecule has 0 amide bonds. The summed E-state index contributed by atoms with van der Waals surface area (Å²) in [5.41, 5.74) is 3.22. The van der Waals surface area contributed by atoms with Gasteiger partial charge in [-0.25, -0.2) is 5.48 Å². The van der Waals surface area contributed by atoms with Gasteiger partial charge in [0.25, 0.3) is 0 Å². The molecule has 2 rings (SSSR count). The van der Waals surface area contributed by atoms with Crippen LogP contribution in [0.25, 0.3) is 0 Å². The van der Waals surface area contributed by atoms with Crippen molar-refractivity contribution in [3.05, 3.63) is 0 Å². The highest BCUT2D eigenvalue weighted by molar-refractivity contribution is 4.67.